The molecule has 1 aromatic rings. The molecule has 2 rings (SSSR count). The Hall–Kier alpha value is -1.07. The van der Waals surface area contributed by atoms with E-state index in [1.165, 1.54) is 38.5 Å². The molecule has 1 saturated carbocycles. The Kier molecular flexibility index (Phi) is 6.06. The molecule has 0 aromatic carbocycles. The number of ether oxygens (including phenoxy) is 1. The van der Waals surface area contributed by atoms with Crippen LogP contribution in [0.2, 0.25) is 0 Å². The van der Waals surface area contributed by atoms with Crippen LogP contribution in [-0.2, 0) is 0 Å². The first kappa shape index (κ1) is 16.3. The smallest absolute Gasteiger partial charge is 0.161 e. The van der Waals surface area contributed by atoms with Gasteiger partial charge in [0.1, 0.15) is 0 Å². The zero-order chi connectivity index (χ0) is 15.2. The number of hydrogen-bond acceptors (Lipinski definition) is 4. The Morgan fingerprint density at radius 1 is 1.38 bits per heavy atom. The highest BCUT2D eigenvalue weighted by Crippen LogP contribution is 2.33. The van der Waals surface area contributed by atoms with Crippen molar-refractivity contribution in [3.8, 4) is 5.75 Å². The predicted octanol–water partition coefficient (Wildman–Crippen LogP) is 3.34. The minimum atomic E-state index is 0.103. The van der Waals surface area contributed by atoms with Gasteiger partial charge in [0, 0.05) is 6.04 Å². The number of hydrazine groups is 1. The fraction of sp³-hybridized carbons (Fsp3) is 0.812. The Labute approximate surface area is 128 Å². The minimum absolute atomic E-state index is 0.103. The van der Waals surface area contributed by atoms with Gasteiger partial charge in [-0.25, -0.2) is 0 Å². The van der Waals surface area contributed by atoms with Gasteiger partial charge in [-0.1, -0.05) is 32.1 Å². The third kappa shape index (κ3) is 3.98. The highest BCUT2D eigenvalue weighted by Gasteiger charge is 2.24. The number of nitrogens with two attached hydrogens (primary N) is 1. The molecule has 3 N–H and O–H groups in total. The second kappa shape index (κ2) is 7.80. The Morgan fingerprint density at radius 2 is 2.10 bits per heavy atom. The lowest BCUT2D eigenvalue weighted by molar-refractivity contribution is 0.305. The summed E-state index contributed by atoms with van der Waals surface area (Å²) in [5, 5.41) is 4.45. The predicted molar refractivity (Wildman–Crippen MR) is 85.0 cm³/mol. The van der Waals surface area contributed by atoms with Gasteiger partial charge in [-0.15, -0.1) is 0 Å². The van der Waals surface area contributed by atoms with Gasteiger partial charge in [0.25, 0.3) is 0 Å². The van der Waals surface area contributed by atoms with E-state index in [0.717, 1.165) is 23.8 Å². The van der Waals surface area contributed by atoms with E-state index < -0.39 is 0 Å². The normalized spacial score (nSPS) is 18.1. The fourth-order valence-electron chi connectivity index (χ4n) is 3.43. The molecule has 0 bridgehead atoms. The van der Waals surface area contributed by atoms with E-state index in [4.69, 9.17) is 10.6 Å². The molecule has 1 heterocycles. The molecule has 0 saturated heterocycles. The van der Waals surface area contributed by atoms with Crippen molar-refractivity contribution in [3.05, 3.63) is 11.9 Å². The molecule has 1 aromatic heterocycles. The lowest BCUT2D eigenvalue weighted by Gasteiger charge is -2.25. The maximum Gasteiger partial charge on any atom is 0.161 e. The number of rotatable bonds is 7. The van der Waals surface area contributed by atoms with Crippen molar-refractivity contribution in [2.45, 2.75) is 70.9 Å². The standard InChI is InChI=1S/C16H30N4O/c1-12(2)20-16(15(21-3)11-18-20)14(19-17)10-9-13-7-5-4-6-8-13/h11-14,19H,4-10,17H2,1-3H3. The molecule has 0 aliphatic heterocycles. The highest BCUT2D eigenvalue weighted by molar-refractivity contribution is 5.28. The molecule has 0 spiro atoms. The maximum atomic E-state index is 5.83. The quantitative estimate of drug-likeness (QED) is 0.598. The van der Waals surface area contributed by atoms with E-state index in [-0.39, 0.29) is 6.04 Å². The molecule has 1 aliphatic carbocycles. The van der Waals surface area contributed by atoms with Crippen LogP contribution in [0.1, 0.15) is 76.6 Å². The van der Waals surface area contributed by atoms with Gasteiger partial charge >= 0.3 is 0 Å². The molecule has 0 amide bonds. The number of hydrogen-bond donors (Lipinski definition) is 2. The molecular weight excluding hydrogens is 264 g/mol. The summed E-state index contributed by atoms with van der Waals surface area (Å²) in [5.41, 5.74) is 4.05. The van der Waals surface area contributed by atoms with Gasteiger partial charge in [0.2, 0.25) is 0 Å². The van der Waals surface area contributed by atoms with Crippen molar-refractivity contribution >= 4 is 0 Å². The summed E-state index contributed by atoms with van der Waals surface area (Å²) in [6.07, 6.45) is 11.0. The van der Waals surface area contributed by atoms with Crippen molar-refractivity contribution in [2.24, 2.45) is 11.8 Å². The first-order valence-corrected chi connectivity index (χ1v) is 8.24. The van der Waals surface area contributed by atoms with E-state index >= 15 is 0 Å². The van der Waals surface area contributed by atoms with E-state index in [1.807, 2.05) is 4.68 Å². The lowest BCUT2D eigenvalue weighted by atomic mass is 9.85. The maximum absolute atomic E-state index is 5.83. The highest BCUT2D eigenvalue weighted by atomic mass is 16.5. The van der Waals surface area contributed by atoms with Crippen LogP contribution >= 0.6 is 0 Å². The first-order valence-electron chi connectivity index (χ1n) is 8.24. The first-order chi connectivity index (χ1) is 10.2. The summed E-state index contributed by atoms with van der Waals surface area (Å²) in [5.74, 6) is 7.51. The van der Waals surface area contributed by atoms with Crippen LogP contribution in [0.25, 0.3) is 0 Å². The number of nitrogens with one attached hydrogen (secondary N) is 1. The van der Waals surface area contributed by atoms with E-state index in [2.05, 4.69) is 24.4 Å². The Balaban J connectivity index is 2.07. The second-order valence-corrected chi connectivity index (χ2v) is 6.44. The van der Waals surface area contributed by atoms with Crippen LogP contribution in [0.15, 0.2) is 6.20 Å². The Bertz CT molecular complexity index is 424. The van der Waals surface area contributed by atoms with Crippen molar-refractivity contribution < 1.29 is 4.74 Å². The molecule has 1 fully saturated rings. The molecular formula is C16H30N4O. The van der Waals surface area contributed by atoms with Crippen molar-refractivity contribution in [3.63, 3.8) is 0 Å². The zero-order valence-electron chi connectivity index (χ0n) is 13.6. The van der Waals surface area contributed by atoms with E-state index in [9.17, 15) is 0 Å². The topological polar surface area (TPSA) is 65.1 Å². The van der Waals surface area contributed by atoms with Gasteiger partial charge in [-0.3, -0.25) is 16.0 Å². The van der Waals surface area contributed by atoms with Gasteiger partial charge < -0.3 is 4.74 Å². The van der Waals surface area contributed by atoms with Crippen LogP contribution < -0.4 is 16.0 Å². The van der Waals surface area contributed by atoms with Gasteiger partial charge in [-0.05, 0) is 32.6 Å². The van der Waals surface area contributed by atoms with Crippen LogP contribution in [0.3, 0.4) is 0 Å². The summed E-state index contributed by atoms with van der Waals surface area (Å²) in [4.78, 5) is 0. The van der Waals surface area contributed by atoms with Crippen LogP contribution in [0.4, 0.5) is 0 Å². The fourth-order valence-corrected chi connectivity index (χ4v) is 3.43. The molecule has 1 atom stereocenters. The van der Waals surface area contributed by atoms with Crippen molar-refractivity contribution in [1.29, 1.82) is 0 Å². The third-order valence-corrected chi connectivity index (χ3v) is 4.63. The van der Waals surface area contributed by atoms with Crippen molar-refractivity contribution in [2.75, 3.05) is 7.11 Å². The van der Waals surface area contributed by atoms with Crippen LogP contribution in [0, 0.1) is 5.92 Å². The summed E-state index contributed by atoms with van der Waals surface area (Å²) in [6, 6.07) is 0.404. The van der Waals surface area contributed by atoms with Gasteiger partial charge in [0.05, 0.1) is 25.0 Å². The SMILES string of the molecule is COc1cnn(C(C)C)c1C(CCC1CCCCC1)NN. The number of methoxy groups -OCH3 is 1. The van der Waals surface area contributed by atoms with E-state index in [1.54, 1.807) is 13.3 Å². The van der Waals surface area contributed by atoms with Gasteiger partial charge in [0.15, 0.2) is 5.75 Å². The second-order valence-electron chi connectivity index (χ2n) is 6.44. The molecule has 1 aliphatic rings. The molecule has 120 valence electrons. The van der Waals surface area contributed by atoms with Crippen LogP contribution in [-0.4, -0.2) is 16.9 Å². The molecule has 0 radical (unpaired) electrons. The zero-order valence-corrected chi connectivity index (χ0v) is 13.6. The third-order valence-electron chi connectivity index (χ3n) is 4.63. The largest absolute Gasteiger partial charge is 0.493 e. The van der Waals surface area contributed by atoms with E-state index in [0.29, 0.717) is 6.04 Å². The average Bonchev–Trinajstić information content (AvgIpc) is 2.93. The molecule has 21 heavy (non-hydrogen) atoms. The molecule has 1 unspecified atom stereocenters. The lowest BCUT2D eigenvalue weighted by Crippen LogP contribution is -2.31. The summed E-state index contributed by atoms with van der Waals surface area (Å²) in [6.45, 7) is 4.26. The minimum Gasteiger partial charge on any atom is -0.493 e. The van der Waals surface area contributed by atoms with Gasteiger partial charge in [-0.2, -0.15) is 5.10 Å². The molecule has 5 nitrogen and oxygen atoms in total. The summed E-state index contributed by atoms with van der Waals surface area (Å²) < 4.78 is 7.49. The van der Waals surface area contributed by atoms with Crippen LogP contribution in [0.5, 0.6) is 5.75 Å². The average molecular weight is 294 g/mol. The molecule has 5 heteroatoms. The number of nitrogens with zero attached hydrogens (tertiary/aromatic N) is 2. The monoisotopic (exact) mass is 294 g/mol. The summed E-state index contributed by atoms with van der Waals surface area (Å²) >= 11 is 0. The van der Waals surface area contributed by atoms with Crippen molar-refractivity contribution in [1.82, 2.24) is 15.2 Å². The number of aromatic nitrogens is 2. The Morgan fingerprint density at radius 3 is 2.67 bits per heavy atom. The summed E-state index contributed by atoms with van der Waals surface area (Å²) in [7, 11) is 1.69.